The number of fused-ring (bicyclic) bond motifs is 1. The Balaban J connectivity index is 1.56. The minimum absolute atomic E-state index is 0.103. The molecular weight excluding hydrogens is 446 g/mol. The van der Waals surface area contributed by atoms with Crippen molar-refractivity contribution in [1.82, 2.24) is 25.0 Å². The zero-order valence-electron chi connectivity index (χ0n) is 17.8. The zero-order chi connectivity index (χ0) is 23.4. The van der Waals surface area contributed by atoms with Crippen LogP contribution in [0.25, 0.3) is 10.9 Å². The van der Waals surface area contributed by atoms with Crippen molar-refractivity contribution in [2.24, 2.45) is 5.73 Å². The molecule has 4 N–H and O–H groups in total. The number of pyridine rings is 1. The molecule has 1 fully saturated rings. The molecule has 2 aromatic heterocycles. The Morgan fingerprint density at radius 3 is 2.64 bits per heavy atom. The van der Waals surface area contributed by atoms with E-state index in [0.717, 1.165) is 25.9 Å². The smallest absolute Gasteiger partial charge is 0.269 e. The first-order valence-corrected chi connectivity index (χ1v) is 11.0. The Hall–Kier alpha value is -3.50. The lowest BCUT2D eigenvalue weighted by molar-refractivity contribution is -0.138. The number of carbonyl (C=O) groups excluding carboxylic acids is 3. The fourth-order valence-corrected chi connectivity index (χ4v) is 4.17. The van der Waals surface area contributed by atoms with Gasteiger partial charge in [0.15, 0.2) is 5.69 Å². The highest BCUT2D eigenvalue weighted by Crippen LogP contribution is 2.20. The minimum atomic E-state index is -0.666. The molecule has 172 valence electrons. The molecule has 1 aliphatic heterocycles. The summed E-state index contributed by atoms with van der Waals surface area (Å²) in [5, 5.41) is 11.1. The second kappa shape index (κ2) is 9.97. The van der Waals surface area contributed by atoms with Crippen LogP contribution in [-0.4, -0.2) is 63.1 Å². The van der Waals surface area contributed by atoms with Gasteiger partial charge in [0, 0.05) is 11.4 Å². The third kappa shape index (κ3) is 5.29. The summed E-state index contributed by atoms with van der Waals surface area (Å²) in [7, 11) is 0. The van der Waals surface area contributed by atoms with Crippen LogP contribution in [0, 0.1) is 0 Å². The maximum absolute atomic E-state index is 13.4. The molecule has 1 aliphatic rings. The Morgan fingerprint density at radius 1 is 1.15 bits per heavy atom. The van der Waals surface area contributed by atoms with Crippen LogP contribution >= 0.6 is 11.6 Å². The summed E-state index contributed by atoms with van der Waals surface area (Å²) in [6.07, 6.45) is 1.45. The molecule has 0 aliphatic carbocycles. The van der Waals surface area contributed by atoms with Gasteiger partial charge in [0.05, 0.1) is 5.52 Å². The van der Waals surface area contributed by atoms with Crippen molar-refractivity contribution < 1.29 is 14.4 Å². The van der Waals surface area contributed by atoms with Crippen LogP contribution in [0.1, 0.15) is 23.3 Å². The molecule has 0 bridgehead atoms. The molecule has 33 heavy (non-hydrogen) atoms. The van der Waals surface area contributed by atoms with Crippen molar-refractivity contribution in [3.05, 3.63) is 53.3 Å². The second-order valence-electron chi connectivity index (χ2n) is 7.78. The van der Waals surface area contributed by atoms with Gasteiger partial charge in [-0.1, -0.05) is 35.9 Å². The first-order valence-electron chi connectivity index (χ1n) is 10.6. The molecule has 1 aromatic carbocycles. The lowest BCUT2D eigenvalue weighted by Crippen LogP contribution is -2.50. The predicted molar refractivity (Wildman–Crippen MR) is 124 cm³/mol. The predicted octanol–water partition coefficient (Wildman–Crippen LogP) is 1.40. The van der Waals surface area contributed by atoms with Crippen molar-refractivity contribution in [3.63, 3.8) is 0 Å². The highest BCUT2D eigenvalue weighted by Gasteiger charge is 2.28. The lowest BCUT2D eigenvalue weighted by atomic mass is 10.0. The van der Waals surface area contributed by atoms with Gasteiger partial charge in [-0.25, -0.2) is 4.98 Å². The molecular formula is C22H24ClN7O3. The van der Waals surface area contributed by atoms with E-state index in [1.807, 2.05) is 0 Å². The molecule has 4 rings (SSSR count). The Labute approximate surface area is 195 Å². The number of piperidine rings is 1. The number of anilines is 1. The first-order chi connectivity index (χ1) is 15.9. The summed E-state index contributed by atoms with van der Waals surface area (Å²) < 4.78 is 1.46. The number of hydrogen-bond acceptors (Lipinski definition) is 6. The number of nitrogens with one attached hydrogen (secondary N) is 2. The molecule has 3 amide bonds. The lowest BCUT2D eigenvalue weighted by Gasteiger charge is -2.34. The molecule has 3 heterocycles. The highest BCUT2D eigenvalue weighted by atomic mass is 35.5. The van der Waals surface area contributed by atoms with Gasteiger partial charge < -0.3 is 21.3 Å². The number of para-hydroxylation sites is 1. The van der Waals surface area contributed by atoms with Crippen molar-refractivity contribution in [1.29, 1.82) is 0 Å². The summed E-state index contributed by atoms with van der Waals surface area (Å²) in [5.74, 6) is -1.00. The standard InChI is InChI=1S/C22H24ClN7O3/c23-17-6-3-7-18(26-17)27-19(31)12-29(14-8-10-25-11-9-14)20(32)13-30-16-5-2-1-4-15(16)21(28-30)22(24)33/h1-7,14,25H,8-13H2,(H2,24,33)(H,26,27,31). The summed E-state index contributed by atoms with van der Waals surface area (Å²) in [5.41, 5.74) is 6.20. The Morgan fingerprint density at radius 2 is 1.91 bits per heavy atom. The topological polar surface area (TPSA) is 135 Å². The largest absolute Gasteiger partial charge is 0.364 e. The van der Waals surface area contributed by atoms with Crippen molar-refractivity contribution in [3.8, 4) is 0 Å². The number of hydrogen-bond donors (Lipinski definition) is 3. The maximum Gasteiger partial charge on any atom is 0.269 e. The van der Waals surface area contributed by atoms with E-state index in [1.165, 1.54) is 4.68 Å². The number of rotatable bonds is 7. The van der Waals surface area contributed by atoms with E-state index in [2.05, 4.69) is 20.7 Å². The number of carbonyl (C=O) groups is 3. The quantitative estimate of drug-likeness (QED) is 0.447. The molecule has 3 aromatic rings. The van der Waals surface area contributed by atoms with Crippen LogP contribution in [0.3, 0.4) is 0 Å². The zero-order valence-corrected chi connectivity index (χ0v) is 18.6. The Kier molecular flexibility index (Phi) is 6.85. The van der Waals surface area contributed by atoms with Gasteiger partial charge in [-0.15, -0.1) is 0 Å². The van der Waals surface area contributed by atoms with Gasteiger partial charge in [-0.2, -0.15) is 5.10 Å². The van der Waals surface area contributed by atoms with Crippen molar-refractivity contribution >= 4 is 46.0 Å². The summed E-state index contributed by atoms with van der Waals surface area (Å²) in [6, 6.07) is 11.9. The van der Waals surface area contributed by atoms with Crippen LogP contribution < -0.4 is 16.4 Å². The van der Waals surface area contributed by atoms with Crippen LogP contribution in [0.2, 0.25) is 5.15 Å². The Bertz CT molecular complexity index is 1190. The van der Waals surface area contributed by atoms with E-state index in [1.54, 1.807) is 47.4 Å². The number of amides is 3. The van der Waals surface area contributed by atoms with Crippen LogP contribution in [0.5, 0.6) is 0 Å². The highest BCUT2D eigenvalue weighted by molar-refractivity contribution is 6.29. The van der Waals surface area contributed by atoms with Crippen molar-refractivity contribution in [2.75, 3.05) is 25.0 Å². The second-order valence-corrected chi connectivity index (χ2v) is 8.17. The van der Waals surface area contributed by atoms with E-state index in [9.17, 15) is 14.4 Å². The normalized spacial score (nSPS) is 14.2. The van der Waals surface area contributed by atoms with Crippen LogP contribution in [0.4, 0.5) is 5.82 Å². The molecule has 1 saturated heterocycles. The maximum atomic E-state index is 13.4. The van der Waals surface area contributed by atoms with E-state index in [0.29, 0.717) is 16.7 Å². The van der Waals surface area contributed by atoms with Crippen molar-refractivity contribution in [2.45, 2.75) is 25.4 Å². The third-order valence-electron chi connectivity index (χ3n) is 5.54. The monoisotopic (exact) mass is 469 g/mol. The number of nitrogens with zero attached hydrogens (tertiary/aromatic N) is 4. The van der Waals surface area contributed by atoms with E-state index >= 15 is 0 Å². The van der Waals surface area contributed by atoms with Gasteiger partial charge in [0.1, 0.15) is 24.1 Å². The minimum Gasteiger partial charge on any atom is -0.364 e. The summed E-state index contributed by atoms with van der Waals surface area (Å²) >= 11 is 5.89. The van der Waals surface area contributed by atoms with E-state index in [4.69, 9.17) is 17.3 Å². The fourth-order valence-electron chi connectivity index (χ4n) is 4.00. The van der Waals surface area contributed by atoms with Gasteiger partial charge in [-0.05, 0) is 44.1 Å². The SMILES string of the molecule is NC(=O)c1nn(CC(=O)N(CC(=O)Nc2cccc(Cl)n2)C2CCNCC2)c2ccccc12. The molecule has 0 unspecified atom stereocenters. The summed E-state index contributed by atoms with van der Waals surface area (Å²) in [6.45, 7) is 1.24. The van der Waals surface area contributed by atoms with Crippen LogP contribution in [0.15, 0.2) is 42.5 Å². The van der Waals surface area contributed by atoms with E-state index < -0.39 is 5.91 Å². The van der Waals surface area contributed by atoms with Gasteiger partial charge in [0.2, 0.25) is 11.8 Å². The van der Waals surface area contributed by atoms with Gasteiger partial charge in [0.25, 0.3) is 5.91 Å². The first kappa shape index (κ1) is 22.7. The van der Waals surface area contributed by atoms with Gasteiger partial charge >= 0.3 is 0 Å². The third-order valence-corrected chi connectivity index (χ3v) is 5.75. The molecule has 0 radical (unpaired) electrons. The summed E-state index contributed by atoms with van der Waals surface area (Å²) in [4.78, 5) is 43.6. The molecule has 10 nitrogen and oxygen atoms in total. The van der Waals surface area contributed by atoms with Gasteiger partial charge in [-0.3, -0.25) is 19.1 Å². The molecule has 0 atom stereocenters. The number of primary amides is 1. The number of benzene rings is 1. The number of nitrogens with two attached hydrogens (primary N) is 1. The molecule has 0 spiro atoms. The average molecular weight is 470 g/mol. The number of aromatic nitrogens is 3. The molecule has 0 saturated carbocycles. The van der Waals surface area contributed by atoms with E-state index in [-0.39, 0.29) is 41.8 Å². The van der Waals surface area contributed by atoms with Crippen LogP contribution in [-0.2, 0) is 16.1 Å². The average Bonchev–Trinajstić information content (AvgIpc) is 3.17. The molecule has 11 heteroatoms. The fraction of sp³-hybridized carbons (Fsp3) is 0.318. The number of halogens is 1.